The molecule has 7 nitrogen and oxygen atoms in total. The quantitative estimate of drug-likeness (QED) is 0.626. The molecule has 23 heavy (non-hydrogen) atoms. The first-order valence-electron chi connectivity index (χ1n) is 8.36. The van der Waals surface area contributed by atoms with Crippen LogP contribution in [0.25, 0.3) is 0 Å². The zero-order valence-corrected chi connectivity index (χ0v) is 14.1. The van der Waals surface area contributed by atoms with Crippen LogP contribution in [0.15, 0.2) is 0 Å². The van der Waals surface area contributed by atoms with Crippen molar-refractivity contribution < 1.29 is 14.4 Å². The van der Waals surface area contributed by atoms with Crippen molar-refractivity contribution in [1.82, 2.24) is 9.80 Å². The van der Waals surface area contributed by atoms with E-state index < -0.39 is 17.9 Å². The van der Waals surface area contributed by atoms with Gasteiger partial charge in [0.2, 0.25) is 17.7 Å². The van der Waals surface area contributed by atoms with Crippen molar-refractivity contribution >= 4 is 17.7 Å². The SMILES string of the molecule is CC(C)CN1CCCC2(C1)CN([C@@H](CCC(N)=O)C(N)=O)C2=O. The summed E-state index contributed by atoms with van der Waals surface area (Å²) >= 11 is 0. The van der Waals surface area contributed by atoms with Gasteiger partial charge in [-0.05, 0) is 31.7 Å². The molecule has 130 valence electrons. The minimum atomic E-state index is -0.721. The van der Waals surface area contributed by atoms with Crippen LogP contribution in [-0.2, 0) is 14.4 Å². The number of primary amides is 2. The van der Waals surface area contributed by atoms with Gasteiger partial charge in [0.1, 0.15) is 6.04 Å². The predicted octanol–water partition coefficient (Wildman–Crippen LogP) is -0.314. The van der Waals surface area contributed by atoms with Gasteiger partial charge in [-0.15, -0.1) is 0 Å². The summed E-state index contributed by atoms with van der Waals surface area (Å²) in [6, 6.07) is -0.721. The predicted molar refractivity (Wildman–Crippen MR) is 86.1 cm³/mol. The third-order valence-corrected chi connectivity index (χ3v) is 4.84. The van der Waals surface area contributed by atoms with E-state index in [1.54, 1.807) is 0 Å². The molecular weight excluding hydrogens is 296 g/mol. The fourth-order valence-corrected chi connectivity index (χ4v) is 3.86. The van der Waals surface area contributed by atoms with Crippen molar-refractivity contribution in [3.63, 3.8) is 0 Å². The highest BCUT2D eigenvalue weighted by molar-refractivity contribution is 5.94. The Labute approximate surface area is 137 Å². The Balaban J connectivity index is 2.00. The summed E-state index contributed by atoms with van der Waals surface area (Å²) in [6.45, 7) is 7.64. The highest BCUT2D eigenvalue weighted by Crippen LogP contribution is 2.42. The van der Waals surface area contributed by atoms with E-state index in [9.17, 15) is 14.4 Å². The van der Waals surface area contributed by atoms with Gasteiger partial charge in [0.15, 0.2) is 0 Å². The average molecular weight is 324 g/mol. The van der Waals surface area contributed by atoms with Crippen molar-refractivity contribution in [1.29, 1.82) is 0 Å². The van der Waals surface area contributed by atoms with Gasteiger partial charge in [-0.2, -0.15) is 0 Å². The molecule has 0 bridgehead atoms. The van der Waals surface area contributed by atoms with Crippen LogP contribution in [0, 0.1) is 11.3 Å². The normalized spacial score (nSPS) is 26.4. The van der Waals surface area contributed by atoms with Gasteiger partial charge in [-0.3, -0.25) is 14.4 Å². The molecule has 0 aromatic heterocycles. The van der Waals surface area contributed by atoms with Gasteiger partial charge in [-0.25, -0.2) is 0 Å². The topological polar surface area (TPSA) is 110 Å². The Bertz CT molecular complexity index is 494. The molecule has 1 spiro atoms. The van der Waals surface area contributed by atoms with E-state index >= 15 is 0 Å². The standard InChI is InChI=1S/C16H28N4O3/c1-11(2)8-19-7-3-6-16(9-19)10-20(15(16)23)12(14(18)22)4-5-13(17)21/h11-12H,3-10H2,1-2H3,(H2,17,21)(H2,18,22)/t12-,16?/m0/s1. The Morgan fingerprint density at radius 3 is 2.48 bits per heavy atom. The van der Waals surface area contributed by atoms with E-state index in [1.165, 1.54) is 4.90 Å². The highest BCUT2D eigenvalue weighted by Gasteiger charge is 2.56. The summed E-state index contributed by atoms with van der Waals surface area (Å²) in [5.74, 6) is -0.492. The number of hydrogen-bond acceptors (Lipinski definition) is 4. The number of hydrogen-bond donors (Lipinski definition) is 2. The summed E-state index contributed by atoms with van der Waals surface area (Å²) < 4.78 is 0. The molecule has 2 fully saturated rings. The fraction of sp³-hybridized carbons (Fsp3) is 0.812. The molecule has 1 unspecified atom stereocenters. The summed E-state index contributed by atoms with van der Waals surface area (Å²) in [4.78, 5) is 39.2. The first kappa shape index (κ1) is 17.7. The van der Waals surface area contributed by atoms with Crippen LogP contribution in [0.2, 0.25) is 0 Å². The number of β-lactam (4-membered cyclic amide) rings is 1. The Kier molecular flexibility index (Phi) is 5.29. The van der Waals surface area contributed by atoms with Crippen molar-refractivity contribution in [2.75, 3.05) is 26.2 Å². The molecule has 3 amide bonds. The van der Waals surface area contributed by atoms with Crippen LogP contribution < -0.4 is 11.5 Å². The van der Waals surface area contributed by atoms with Gasteiger partial charge in [0.05, 0.1) is 5.41 Å². The van der Waals surface area contributed by atoms with Crippen molar-refractivity contribution in [2.45, 2.75) is 45.6 Å². The molecule has 2 rings (SSSR count). The molecule has 0 aliphatic carbocycles. The second-order valence-electron chi connectivity index (χ2n) is 7.37. The summed E-state index contributed by atoms with van der Waals surface area (Å²) in [6.07, 6.45) is 2.12. The van der Waals surface area contributed by atoms with Crippen LogP contribution in [0.4, 0.5) is 0 Å². The van der Waals surface area contributed by atoms with E-state index in [0.29, 0.717) is 12.5 Å². The Morgan fingerprint density at radius 2 is 1.96 bits per heavy atom. The van der Waals surface area contributed by atoms with E-state index in [2.05, 4.69) is 18.7 Å². The van der Waals surface area contributed by atoms with Gasteiger partial charge >= 0.3 is 0 Å². The summed E-state index contributed by atoms with van der Waals surface area (Å²) in [5, 5.41) is 0. The molecule has 0 radical (unpaired) electrons. The van der Waals surface area contributed by atoms with Gasteiger partial charge in [0.25, 0.3) is 0 Å². The maximum absolute atomic E-state index is 12.7. The minimum absolute atomic E-state index is 0.000716. The monoisotopic (exact) mass is 324 g/mol. The number of carbonyl (C=O) groups excluding carboxylic acids is 3. The number of amides is 3. The van der Waals surface area contributed by atoms with Gasteiger partial charge < -0.3 is 21.3 Å². The Morgan fingerprint density at radius 1 is 1.26 bits per heavy atom. The maximum Gasteiger partial charge on any atom is 0.240 e. The molecule has 7 heteroatoms. The molecule has 2 atom stereocenters. The minimum Gasteiger partial charge on any atom is -0.370 e. The van der Waals surface area contributed by atoms with Crippen LogP contribution in [0.5, 0.6) is 0 Å². The largest absolute Gasteiger partial charge is 0.370 e. The fourth-order valence-electron chi connectivity index (χ4n) is 3.86. The molecular formula is C16H28N4O3. The van der Waals surface area contributed by atoms with E-state index in [-0.39, 0.29) is 24.2 Å². The molecule has 2 aliphatic heterocycles. The van der Waals surface area contributed by atoms with Crippen LogP contribution >= 0.6 is 0 Å². The van der Waals surface area contributed by atoms with Crippen LogP contribution in [0.1, 0.15) is 39.5 Å². The number of likely N-dealkylation sites (tertiary alicyclic amines) is 2. The number of rotatable bonds is 7. The first-order valence-corrected chi connectivity index (χ1v) is 8.36. The zero-order valence-electron chi connectivity index (χ0n) is 14.1. The van der Waals surface area contributed by atoms with Gasteiger partial charge in [0, 0.05) is 26.1 Å². The van der Waals surface area contributed by atoms with Gasteiger partial charge in [-0.1, -0.05) is 13.8 Å². The zero-order chi connectivity index (χ0) is 17.2. The van der Waals surface area contributed by atoms with Crippen LogP contribution in [0.3, 0.4) is 0 Å². The van der Waals surface area contributed by atoms with Crippen LogP contribution in [-0.4, -0.2) is 59.7 Å². The van der Waals surface area contributed by atoms with Crippen molar-refractivity contribution in [2.24, 2.45) is 22.8 Å². The molecule has 0 aromatic rings. The smallest absolute Gasteiger partial charge is 0.240 e. The van der Waals surface area contributed by atoms with Crippen molar-refractivity contribution in [3.8, 4) is 0 Å². The highest BCUT2D eigenvalue weighted by atomic mass is 16.2. The van der Waals surface area contributed by atoms with Crippen molar-refractivity contribution in [3.05, 3.63) is 0 Å². The first-order chi connectivity index (χ1) is 10.7. The number of piperidine rings is 1. The Hall–Kier alpha value is -1.63. The lowest BCUT2D eigenvalue weighted by Gasteiger charge is -2.55. The number of nitrogens with zero attached hydrogens (tertiary/aromatic N) is 2. The van der Waals surface area contributed by atoms with E-state index in [1.807, 2.05) is 0 Å². The molecule has 0 aromatic carbocycles. The number of nitrogens with two attached hydrogens (primary N) is 2. The lowest BCUT2D eigenvalue weighted by molar-refractivity contribution is -0.173. The summed E-state index contributed by atoms with van der Waals surface area (Å²) in [7, 11) is 0. The van der Waals surface area contributed by atoms with E-state index in [0.717, 1.165) is 32.5 Å². The average Bonchev–Trinajstić information content (AvgIpc) is 2.45. The number of carbonyl (C=O) groups is 3. The second kappa shape index (κ2) is 6.86. The maximum atomic E-state index is 12.7. The molecule has 2 aliphatic rings. The molecule has 2 heterocycles. The molecule has 2 saturated heterocycles. The molecule has 4 N–H and O–H groups in total. The summed E-state index contributed by atoms with van der Waals surface area (Å²) in [5.41, 5.74) is 10.2. The van der Waals surface area contributed by atoms with E-state index in [4.69, 9.17) is 11.5 Å². The lowest BCUT2D eigenvalue weighted by atomic mass is 9.71. The third kappa shape index (κ3) is 3.83. The second-order valence-corrected chi connectivity index (χ2v) is 7.37. The molecule has 0 saturated carbocycles. The lowest BCUT2D eigenvalue weighted by Crippen LogP contribution is -2.70. The third-order valence-electron chi connectivity index (χ3n) is 4.84.